The second-order valence-corrected chi connectivity index (χ2v) is 9.97. The summed E-state index contributed by atoms with van der Waals surface area (Å²) in [6, 6.07) is 3.07. The second-order valence-electron chi connectivity index (χ2n) is 9.97. The molecule has 8 heteroatoms. The zero-order valence-corrected chi connectivity index (χ0v) is 19.4. The normalized spacial score (nSPS) is 22.9. The molecule has 3 heterocycles. The molecule has 2 N–H and O–H groups in total. The van der Waals surface area contributed by atoms with E-state index in [2.05, 4.69) is 62.8 Å². The predicted molar refractivity (Wildman–Crippen MR) is 126 cm³/mol. The van der Waals surface area contributed by atoms with Crippen molar-refractivity contribution in [3.05, 3.63) is 30.4 Å². The van der Waals surface area contributed by atoms with Gasteiger partial charge < -0.3 is 15.3 Å². The molecule has 0 aliphatic heterocycles. The van der Waals surface area contributed by atoms with Gasteiger partial charge >= 0.3 is 0 Å². The van der Waals surface area contributed by atoms with Crippen LogP contribution in [0.2, 0.25) is 0 Å². The lowest BCUT2D eigenvalue weighted by molar-refractivity contribution is 0.121. The minimum absolute atomic E-state index is 0.170. The molecule has 0 radical (unpaired) electrons. The first-order valence-electron chi connectivity index (χ1n) is 12.0. The van der Waals surface area contributed by atoms with Crippen LogP contribution < -0.4 is 5.32 Å². The number of fused-ring (bicyclic) bond motifs is 1. The SMILES string of the molecule is C[C@H](CN(C)C)Nc1ncc2c(-c3cnn(C4CCC4)c3)cc(C3CCC(O)CC3)n2n1. The van der Waals surface area contributed by atoms with E-state index in [-0.39, 0.29) is 12.1 Å². The van der Waals surface area contributed by atoms with Crippen molar-refractivity contribution in [2.75, 3.05) is 26.0 Å². The van der Waals surface area contributed by atoms with Crippen molar-refractivity contribution in [1.82, 2.24) is 29.3 Å². The molecule has 1 atom stereocenters. The Labute approximate surface area is 189 Å². The third-order valence-corrected chi connectivity index (χ3v) is 7.04. The molecule has 0 spiro atoms. The number of aliphatic hydroxyl groups excluding tert-OH is 1. The first-order chi connectivity index (χ1) is 15.5. The highest BCUT2D eigenvalue weighted by Crippen LogP contribution is 2.38. The Hall–Kier alpha value is -2.45. The number of nitrogens with one attached hydrogen (secondary N) is 1. The standard InChI is InChI=1S/C24H35N7O/c1-16(14-29(2)3)27-24-25-13-23-21(18-12-26-30(15-18)19-5-4-6-19)11-22(31(23)28-24)17-7-9-20(32)10-8-17/h11-13,15-17,19-20,32H,4-10,14H2,1-3H3,(H,27,28)/t16-,17?,20?/m1/s1. The number of likely N-dealkylation sites (N-methyl/N-ethyl adjacent to an activating group) is 1. The Morgan fingerprint density at radius 3 is 2.62 bits per heavy atom. The molecule has 2 fully saturated rings. The van der Waals surface area contributed by atoms with Gasteiger partial charge in [0.2, 0.25) is 5.95 Å². The van der Waals surface area contributed by atoms with E-state index in [4.69, 9.17) is 5.10 Å². The van der Waals surface area contributed by atoms with E-state index < -0.39 is 0 Å². The van der Waals surface area contributed by atoms with Gasteiger partial charge in [-0.3, -0.25) is 4.68 Å². The average molecular weight is 438 g/mol. The quantitative estimate of drug-likeness (QED) is 0.586. The van der Waals surface area contributed by atoms with Gasteiger partial charge in [-0.05, 0) is 72.0 Å². The molecule has 0 saturated heterocycles. The smallest absolute Gasteiger partial charge is 0.241 e. The zero-order valence-electron chi connectivity index (χ0n) is 19.4. The fraction of sp³-hybridized carbons (Fsp3) is 0.625. The van der Waals surface area contributed by atoms with Gasteiger partial charge in [0, 0.05) is 41.5 Å². The molecular formula is C24H35N7O. The average Bonchev–Trinajstić information content (AvgIpc) is 3.31. The molecule has 2 aliphatic carbocycles. The highest BCUT2D eigenvalue weighted by molar-refractivity contribution is 5.81. The number of nitrogens with zero attached hydrogens (tertiary/aromatic N) is 6. The van der Waals surface area contributed by atoms with E-state index in [1.807, 2.05) is 12.4 Å². The number of anilines is 1. The van der Waals surface area contributed by atoms with Crippen molar-refractivity contribution >= 4 is 11.5 Å². The number of hydrogen-bond acceptors (Lipinski definition) is 6. The summed E-state index contributed by atoms with van der Waals surface area (Å²) in [6.07, 6.45) is 13.3. The molecular weight excluding hydrogens is 402 g/mol. The molecule has 172 valence electrons. The molecule has 0 bridgehead atoms. The maximum Gasteiger partial charge on any atom is 0.241 e. The topological polar surface area (TPSA) is 83.5 Å². The van der Waals surface area contributed by atoms with Crippen LogP contribution in [0.4, 0.5) is 5.95 Å². The van der Waals surface area contributed by atoms with Crippen LogP contribution in [-0.2, 0) is 0 Å². The predicted octanol–water partition coefficient (Wildman–Crippen LogP) is 3.70. The Balaban J connectivity index is 1.51. The van der Waals surface area contributed by atoms with Crippen LogP contribution >= 0.6 is 0 Å². The minimum Gasteiger partial charge on any atom is -0.393 e. The molecule has 3 aromatic heterocycles. The Kier molecular flexibility index (Phi) is 5.90. The van der Waals surface area contributed by atoms with Crippen molar-refractivity contribution in [3.8, 4) is 11.1 Å². The summed E-state index contributed by atoms with van der Waals surface area (Å²) in [5.41, 5.74) is 4.50. The third-order valence-electron chi connectivity index (χ3n) is 7.04. The lowest BCUT2D eigenvalue weighted by Gasteiger charge is -2.25. The van der Waals surface area contributed by atoms with Crippen LogP contribution in [0.1, 0.15) is 69.5 Å². The van der Waals surface area contributed by atoms with E-state index in [0.717, 1.165) is 48.9 Å². The molecule has 2 saturated carbocycles. The Bertz CT molecular complexity index is 1060. The lowest BCUT2D eigenvalue weighted by atomic mass is 9.85. The van der Waals surface area contributed by atoms with E-state index in [1.54, 1.807) is 0 Å². The maximum atomic E-state index is 10.0. The number of aromatic nitrogens is 5. The van der Waals surface area contributed by atoms with Crippen LogP contribution in [0.25, 0.3) is 16.6 Å². The summed E-state index contributed by atoms with van der Waals surface area (Å²) in [7, 11) is 4.14. The summed E-state index contributed by atoms with van der Waals surface area (Å²) in [4.78, 5) is 6.81. The Morgan fingerprint density at radius 2 is 1.94 bits per heavy atom. The highest BCUT2D eigenvalue weighted by atomic mass is 16.3. The summed E-state index contributed by atoms with van der Waals surface area (Å²) in [5.74, 6) is 1.04. The van der Waals surface area contributed by atoms with Crippen molar-refractivity contribution in [1.29, 1.82) is 0 Å². The largest absolute Gasteiger partial charge is 0.393 e. The van der Waals surface area contributed by atoms with E-state index in [9.17, 15) is 5.11 Å². The van der Waals surface area contributed by atoms with Gasteiger partial charge in [0.1, 0.15) is 0 Å². The van der Waals surface area contributed by atoms with E-state index in [1.165, 1.54) is 25.0 Å². The van der Waals surface area contributed by atoms with Gasteiger partial charge in [-0.2, -0.15) is 5.10 Å². The van der Waals surface area contributed by atoms with Crippen LogP contribution in [-0.4, -0.2) is 67.2 Å². The van der Waals surface area contributed by atoms with Crippen LogP contribution in [0.5, 0.6) is 0 Å². The molecule has 3 aromatic rings. The number of rotatable bonds is 7. The third kappa shape index (κ3) is 4.26. The highest BCUT2D eigenvalue weighted by Gasteiger charge is 2.27. The Morgan fingerprint density at radius 1 is 1.16 bits per heavy atom. The van der Waals surface area contributed by atoms with Crippen LogP contribution in [0.3, 0.4) is 0 Å². The number of hydrogen-bond donors (Lipinski definition) is 2. The van der Waals surface area contributed by atoms with Crippen molar-refractivity contribution in [2.24, 2.45) is 0 Å². The van der Waals surface area contributed by atoms with E-state index in [0.29, 0.717) is 17.9 Å². The molecule has 5 rings (SSSR count). The summed E-state index contributed by atoms with van der Waals surface area (Å²) in [6.45, 7) is 3.05. The van der Waals surface area contributed by atoms with Gasteiger partial charge in [0.15, 0.2) is 0 Å². The fourth-order valence-corrected chi connectivity index (χ4v) is 5.12. The molecule has 32 heavy (non-hydrogen) atoms. The molecule has 2 aliphatic rings. The summed E-state index contributed by atoms with van der Waals surface area (Å²) >= 11 is 0. The van der Waals surface area contributed by atoms with Gasteiger partial charge in [-0.1, -0.05) is 0 Å². The first kappa shape index (κ1) is 21.4. The fourth-order valence-electron chi connectivity index (χ4n) is 5.12. The minimum atomic E-state index is -0.170. The van der Waals surface area contributed by atoms with Crippen molar-refractivity contribution in [2.45, 2.75) is 76.0 Å². The summed E-state index contributed by atoms with van der Waals surface area (Å²) < 4.78 is 4.20. The van der Waals surface area contributed by atoms with Crippen molar-refractivity contribution < 1.29 is 5.11 Å². The van der Waals surface area contributed by atoms with Gasteiger partial charge in [-0.25, -0.2) is 9.50 Å². The maximum absolute atomic E-state index is 10.0. The first-order valence-corrected chi connectivity index (χ1v) is 12.0. The monoisotopic (exact) mass is 437 g/mol. The molecule has 8 nitrogen and oxygen atoms in total. The van der Waals surface area contributed by atoms with Gasteiger partial charge in [0.25, 0.3) is 0 Å². The second kappa shape index (κ2) is 8.83. The van der Waals surface area contributed by atoms with Crippen LogP contribution in [0.15, 0.2) is 24.7 Å². The zero-order chi connectivity index (χ0) is 22.2. The molecule has 0 unspecified atom stereocenters. The van der Waals surface area contributed by atoms with Crippen LogP contribution in [0, 0.1) is 0 Å². The van der Waals surface area contributed by atoms with Crippen molar-refractivity contribution in [3.63, 3.8) is 0 Å². The van der Waals surface area contributed by atoms with E-state index >= 15 is 0 Å². The number of aliphatic hydroxyl groups is 1. The lowest BCUT2D eigenvalue weighted by Crippen LogP contribution is -2.30. The molecule has 0 amide bonds. The molecule has 0 aromatic carbocycles. The van der Waals surface area contributed by atoms with Gasteiger partial charge in [-0.15, -0.1) is 5.10 Å². The van der Waals surface area contributed by atoms with Gasteiger partial charge in [0.05, 0.1) is 30.1 Å². The summed E-state index contributed by atoms with van der Waals surface area (Å²) in [5, 5.41) is 23.0.